The SMILES string of the molecule is C=CC(=O)OC(CC)[N+](C)(C)C. The van der Waals surface area contributed by atoms with Crippen LogP contribution in [-0.2, 0) is 9.53 Å². The van der Waals surface area contributed by atoms with Gasteiger partial charge in [0.15, 0.2) is 0 Å². The molecule has 0 rings (SSSR count). The van der Waals surface area contributed by atoms with Crippen LogP contribution in [0.2, 0.25) is 0 Å². The highest BCUT2D eigenvalue weighted by Crippen LogP contribution is 2.08. The van der Waals surface area contributed by atoms with Gasteiger partial charge in [-0.15, -0.1) is 0 Å². The third-order valence-electron chi connectivity index (χ3n) is 1.63. The molecular formula is C9H18NO2+. The molecule has 12 heavy (non-hydrogen) atoms. The van der Waals surface area contributed by atoms with E-state index in [2.05, 4.69) is 6.58 Å². The van der Waals surface area contributed by atoms with Gasteiger partial charge < -0.3 is 4.74 Å². The van der Waals surface area contributed by atoms with Gasteiger partial charge in [-0.1, -0.05) is 13.5 Å². The van der Waals surface area contributed by atoms with E-state index in [0.717, 1.165) is 6.42 Å². The molecule has 0 aliphatic carbocycles. The third-order valence-corrected chi connectivity index (χ3v) is 1.63. The number of rotatable bonds is 4. The number of ether oxygens (including phenoxy) is 1. The van der Waals surface area contributed by atoms with Crippen molar-refractivity contribution in [3.63, 3.8) is 0 Å². The highest BCUT2D eigenvalue weighted by Gasteiger charge is 2.24. The topological polar surface area (TPSA) is 26.3 Å². The average molecular weight is 172 g/mol. The van der Waals surface area contributed by atoms with Crippen molar-refractivity contribution in [3.8, 4) is 0 Å². The average Bonchev–Trinajstić information content (AvgIpc) is 1.97. The fourth-order valence-electron chi connectivity index (χ4n) is 0.971. The molecule has 0 aromatic carbocycles. The molecule has 0 N–H and O–H groups in total. The molecular weight excluding hydrogens is 154 g/mol. The first kappa shape index (κ1) is 11.2. The van der Waals surface area contributed by atoms with Crippen LogP contribution in [0, 0.1) is 0 Å². The van der Waals surface area contributed by atoms with Gasteiger partial charge in [0.2, 0.25) is 6.23 Å². The molecule has 0 aliphatic heterocycles. The van der Waals surface area contributed by atoms with E-state index >= 15 is 0 Å². The Bertz CT molecular complexity index is 170. The quantitative estimate of drug-likeness (QED) is 0.275. The first-order valence-corrected chi connectivity index (χ1v) is 4.06. The van der Waals surface area contributed by atoms with E-state index in [1.807, 2.05) is 28.1 Å². The normalized spacial score (nSPS) is 13.7. The maximum absolute atomic E-state index is 10.9. The van der Waals surface area contributed by atoms with Crippen LogP contribution >= 0.6 is 0 Å². The predicted molar refractivity (Wildman–Crippen MR) is 48.4 cm³/mol. The lowest BCUT2D eigenvalue weighted by Crippen LogP contribution is -2.47. The van der Waals surface area contributed by atoms with Crippen molar-refractivity contribution in [2.75, 3.05) is 21.1 Å². The van der Waals surface area contributed by atoms with E-state index in [-0.39, 0.29) is 12.2 Å². The van der Waals surface area contributed by atoms with Gasteiger partial charge in [0.05, 0.1) is 21.1 Å². The van der Waals surface area contributed by atoms with Crippen LogP contribution in [0.15, 0.2) is 12.7 Å². The van der Waals surface area contributed by atoms with Gasteiger partial charge in [0.25, 0.3) is 0 Å². The summed E-state index contributed by atoms with van der Waals surface area (Å²) in [5, 5.41) is 0. The van der Waals surface area contributed by atoms with Gasteiger partial charge in [0, 0.05) is 12.5 Å². The van der Waals surface area contributed by atoms with Gasteiger partial charge in [-0.3, -0.25) is 4.48 Å². The minimum absolute atomic E-state index is 0.0875. The van der Waals surface area contributed by atoms with E-state index in [0.29, 0.717) is 4.48 Å². The van der Waals surface area contributed by atoms with Gasteiger partial charge in [0.1, 0.15) is 0 Å². The Morgan fingerprint density at radius 3 is 2.33 bits per heavy atom. The number of quaternary nitrogens is 1. The van der Waals surface area contributed by atoms with Crippen LogP contribution in [0.3, 0.4) is 0 Å². The first-order valence-electron chi connectivity index (χ1n) is 4.06. The summed E-state index contributed by atoms with van der Waals surface area (Å²) in [6.45, 7) is 5.34. The number of carbonyl (C=O) groups is 1. The lowest BCUT2D eigenvalue weighted by molar-refractivity contribution is -0.916. The van der Waals surface area contributed by atoms with Gasteiger partial charge >= 0.3 is 5.97 Å². The van der Waals surface area contributed by atoms with Crippen molar-refractivity contribution in [2.45, 2.75) is 19.6 Å². The highest BCUT2D eigenvalue weighted by atomic mass is 16.6. The van der Waals surface area contributed by atoms with Crippen LogP contribution in [0.5, 0.6) is 0 Å². The number of hydrogen-bond donors (Lipinski definition) is 0. The molecule has 0 bridgehead atoms. The standard InChI is InChI=1S/C9H18NO2/c1-6-8(10(3,4)5)12-9(11)7-2/h7-8H,2,6H2,1,3-5H3/q+1. The predicted octanol–water partition coefficient (Wildman–Crippen LogP) is 1.16. The number of carbonyl (C=O) groups excluding carboxylic acids is 1. The Kier molecular flexibility index (Phi) is 3.96. The molecule has 0 spiro atoms. The van der Waals surface area contributed by atoms with Crippen molar-refractivity contribution >= 4 is 5.97 Å². The van der Waals surface area contributed by atoms with E-state index in [1.54, 1.807) is 0 Å². The van der Waals surface area contributed by atoms with Crippen LogP contribution < -0.4 is 0 Å². The zero-order valence-electron chi connectivity index (χ0n) is 8.33. The second-order valence-electron chi connectivity index (χ2n) is 3.62. The molecule has 0 saturated carbocycles. The van der Waals surface area contributed by atoms with Crippen molar-refractivity contribution < 1.29 is 14.0 Å². The molecule has 0 aromatic heterocycles. The summed E-state index contributed by atoms with van der Waals surface area (Å²) in [6, 6.07) is 0. The minimum Gasteiger partial charge on any atom is -0.409 e. The molecule has 0 amide bonds. The molecule has 70 valence electrons. The van der Waals surface area contributed by atoms with Gasteiger partial charge in [-0.2, -0.15) is 0 Å². The molecule has 0 fully saturated rings. The summed E-state index contributed by atoms with van der Waals surface area (Å²) in [7, 11) is 5.97. The smallest absolute Gasteiger partial charge is 0.334 e. The maximum Gasteiger partial charge on any atom is 0.334 e. The first-order chi connectivity index (χ1) is 5.41. The van der Waals surface area contributed by atoms with Crippen LogP contribution in [0.4, 0.5) is 0 Å². The fourth-order valence-corrected chi connectivity index (χ4v) is 0.971. The van der Waals surface area contributed by atoms with Crippen molar-refractivity contribution in [3.05, 3.63) is 12.7 Å². The largest absolute Gasteiger partial charge is 0.409 e. The molecule has 1 atom stereocenters. The Morgan fingerprint density at radius 1 is 1.58 bits per heavy atom. The lowest BCUT2D eigenvalue weighted by Gasteiger charge is -2.32. The van der Waals surface area contributed by atoms with Crippen LogP contribution in [-0.4, -0.2) is 37.8 Å². The molecule has 0 radical (unpaired) electrons. The van der Waals surface area contributed by atoms with E-state index in [1.165, 1.54) is 6.08 Å². The van der Waals surface area contributed by atoms with Gasteiger partial charge in [-0.05, 0) is 0 Å². The summed E-state index contributed by atoms with van der Waals surface area (Å²) >= 11 is 0. The Balaban J connectivity index is 4.18. The van der Waals surface area contributed by atoms with Crippen molar-refractivity contribution in [1.82, 2.24) is 0 Å². The van der Waals surface area contributed by atoms with Crippen LogP contribution in [0.25, 0.3) is 0 Å². The molecule has 0 aromatic rings. The summed E-state index contributed by atoms with van der Waals surface area (Å²) in [6.07, 6.45) is 1.91. The van der Waals surface area contributed by atoms with E-state index < -0.39 is 0 Å². The molecule has 0 aliphatic rings. The second kappa shape index (κ2) is 4.26. The summed E-state index contributed by atoms with van der Waals surface area (Å²) < 4.78 is 5.75. The number of hydrogen-bond acceptors (Lipinski definition) is 2. The molecule has 0 heterocycles. The Hall–Kier alpha value is -0.830. The van der Waals surface area contributed by atoms with Crippen LogP contribution in [0.1, 0.15) is 13.3 Å². The molecule has 3 nitrogen and oxygen atoms in total. The summed E-state index contributed by atoms with van der Waals surface area (Å²) in [4.78, 5) is 10.9. The van der Waals surface area contributed by atoms with E-state index in [9.17, 15) is 4.79 Å². The Morgan fingerprint density at radius 2 is 2.08 bits per heavy atom. The fraction of sp³-hybridized carbons (Fsp3) is 0.667. The minimum atomic E-state index is -0.352. The zero-order chi connectivity index (χ0) is 9.78. The monoisotopic (exact) mass is 172 g/mol. The maximum atomic E-state index is 10.9. The van der Waals surface area contributed by atoms with E-state index in [4.69, 9.17) is 4.74 Å². The molecule has 3 heteroatoms. The van der Waals surface area contributed by atoms with Crippen molar-refractivity contribution in [1.29, 1.82) is 0 Å². The summed E-state index contributed by atoms with van der Waals surface area (Å²) in [5.41, 5.74) is 0. The Labute approximate surface area is 74.2 Å². The number of esters is 1. The summed E-state index contributed by atoms with van der Waals surface area (Å²) in [5.74, 6) is -0.352. The number of nitrogens with zero attached hydrogens (tertiary/aromatic N) is 1. The van der Waals surface area contributed by atoms with Gasteiger partial charge in [-0.25, -0.2) is 4.79 Å². The lowest BCUT2D eigenvalue weighted by atomic mass is 10.3. The zero-order valence-corrected chi connectivity index (χ0v) is 8.33. The second-order valence-corrected chi connectivity index (χ2v) is 3.62. The van der Waals surface area contributed by atoms with Crippen molar-refractivity contribution in [2.24, 2.45) is 0 Å². The molecule has 0 saturated heterocycles. The third kappa shape index (κ3) is 3.53. The molecule has 1 unspecified atom stereocenters. The highest BCUT2D eigenvalue weighted by molar-refractivity contribution is 5.81.